The molecule has 0 bridgehead atoms. The highest BCUT2D eigenvalue weighted by molar-refractivity contribution is 4.90. The van der Waals surface area contributed by atoms with Crippen molar-refractivity contribution in [1.29, 1.82) is 0 Å². The van der Waals surface area contributed by atoms with Crippen molar-refractivity contribution >= 4 is 0 Å². The van der Waals surface area contributed by atoms with Gasteiger partial charge in [0.2, 0.25) is 0 Å². The molecule has 1 aliphatic heterocycles. The lowest BCUT2D eigenvalue weighted by molar-refractivity contribution is 0.140. The SMILES string of the molecule is COCC1CN(C(C)C)CC1NC(C)C. The number of nitrogens with one attached hydrogen (secondary N) is 1. The fourth-order valence-corrected chi connectivity index (χ4v) is 2.33. The molecule has 0 saturated carbocycles. The Morgan fingerprint density at radius 3 is 2.40 bits per heavy atom. The van der Waals surface area contributed by atoms with Crippen molar-refractivity contribution in [1.82, 2.24) is 10.2 Å². The van der Waals surface area contributed by atoms with Gasteiger partial charge < -0.3 is 10.1 Å². The van der Waals surface area contributed by atoms with Gasteiger partial charge in [-0.05, 0) is 13.8 Å². The molecule has 0 amide bonds. The average molecular weight is 214 g/mol. The molecule has 90 valence electrons. The van der Waals surface area contributed by atoms with Gasteiger partial charge in [-0.15, -0.1) is 0 Å². The minimum absolute atomic E-state index is 0.557. The Hall–Kier alpha value is -0.120. The fourth-order valence-electron chi connectivity index (χ4n) is 2.33. The Kier molecular flexibility index (Phi) is 5.03. The molecule has 1 N–H and O–H groups in total. The van der Waals surface area contributed by atoms with Gasteiger partial charge >= 0.3 is 0 Å². The average Bonchev–Trinajstić information content (AvgIpc) is 2.48. The van der Waals surface area contributed by atoms with E-state index >= 15 is 0 Å². The van der Waals surface area contributed by atoms with Gasteiger partial charge in [-0.25, -0.2) is 0 Å². The second-order valence-electron chi connectivity index (χ2n) is 5.19. The van der Waals surface area contributed by atoms with Crippen LogP contribution in [0, 0.1) is 5.92 Å². The van der Waals surface area contributed by atoms with Crippen LogP contribution in [0.5, 0.6) is 0 Å². The Balaban J connectivity index is 2.51. The molecule has 1 saturated heterocycles. The van der Waals surface area contributed by atoms with E-state index in [1.807, 2.05) is 0 Å². The van der Waals surface area contributed by atoms with E-state index in [4.69, 9.17) is 4.74 Å². The first kappa shape index (κ1) is 12.9. The van der Waals surface area contributed by atoms with Crippen LogP contribution in [0.15, 0.2) is 0 Å². The van der Waals surface area contributed by atoms with Crippen molar-refractivity contribution in [2.24, 2.45) is 5.92 Å². The molecule has 0 aliphatic carbocycles. The topological polar surface area (TPSA) is 24.5 Å². The van der Waals surface area contributed by atoms with E-state index in [9.17, 15) is 0 Å². The molecule has 1 heterocycles. The molecule has 0 aromatic rings. The highest BCUT2D eigenvalue weighted by atomic mass is 16.5. The number of likely N-dealkylation sites (tertiary alicyclic amines) is 1. The summed E-state index contributed by atoms with van der Waals surface area (Å²) < 4.78 is 5.30. The summed E-state index contributed by atoms with van der Waals surface area (Å²) in [5.41, 5.74) is 0. The van der Waals surface area contributed by atoms with Crippen molar-refractivity contribution in [2.75, 3.05) is 26.8 Å². The van der Waals surface area contributed by atoms with Crippen LogP contribution in [0.2, 0.25) is 0 Å². The third-order valence-electron chi connectivity index (χ3n) is 3.13. The quantitative estimate of drug-likeness (QED) is 0.747. The number of hydrogen-bond donors (Lipinski definition) is 1. The first-order valence-electron chi connectivity index (χ1n) is 6.03. The predicted molar refractivity (Wildman–Crippen MR) is 64.1 cm³/mol. The van der Waals surface area contributed by atoms with Crippen LogP contribution in [-0.4, -0.2) is 49.8 Å². The summed E-state index contributed by atoms with van der Waals surface area (Å²) in [7, 11) is 1.80. The molecule has 1 rings (SSSR count). The van der Waals surface area contributed by atoms with E-state index < -0.39 is 0 Å². The highest BCUT2D eigenvalue weighted by Gasteiger charge is 2.33. The molecule has 3 heteroatoms. The second kappa shape index (κ2) is 5.83. The Morgan fingerprint density at radius 2 is 1.93 bits per heavy atom. The van der Waals surface area contributed by atoms with E-state index in [0.717, 1.165) is 19.7 Å². The zero-order valence-electron chi connectivity index (χ0n) is 10.8. The summed E-state index contributed by atoms with van der Waals surface area (Å²) >= 11 is 0. The van der Waals surface area contributed by atoms with Crippen LogP contribution >= 0.6 is 0 Å². The normalized spacial score (nSPS) is 28.2. The van der Waals surface area contributed by atoms with Crippen molar-refractivity contribution in [3.05, 3.63) is 0 Å². The molecule has 0 radical (unpaired) electrons. The Labute approximate surface area is 94.2 Å². The van der Waals surface area contributed by atoms with Gasteiger partial charge in [0, 0.05) is 44.2 Å². The van der Waals surface area contributed by atoms with Crippen molar-refractivity contribution in [3.8, 4) is 0 Å². The Bertz CT molecular complexity index is 182. The third kappa shape index (κ3) is 3.74. The summed E-state index contributed by atoms with van der Waals surface area (Å²) in [6.07, 6.45) is 0. The van der Waals surface area contributed by atoms with Crippen LogP contribution in [0.3, 0.4) is 0 Å². The second-order valence-corrected chi connectivity index (χ2v) is 5.19. The van der Waals surface area contributed by atoms with Crippen molar-refractivity contribution in [3.63, 3.8) is 0 Å². The molecular weight excluding hydrogens is 188 g/mol. The zero-order chi connectivity index (χ0) is 11.4. The lowest BCUT2D eigenvalue weighted by Gasteiger charge is -2.22. The maximum absolute atomic E-state index is 5.30. The van der Waals surface area contributed by atoms with Gasteiger partial charge in [-0.1, -0.05) is 13.8 Å². The molecule has 0 spiro atoms. The zero-order valence-corrected chi connectivity index (χ0v) is 10.8. The van der Waals surface area contributed by atoms with Crippen LogP contribution in [0.1, 0.15) is 27.7 Å². The van der Waals surface area contributed by atoms with Crippen LogP contribution in [0.25, 0.3) is 0 Å². The molecule has 2 atom stereocenters. The first-order chi connectivity index (χ1) is 7.04. The largest absolute Gasteiger partial charge is 0.384 e. The highest BCUT2D eigenvalue weighted by Crippen LogP contribution is 2.20. The molecule has 0 aromatic heterocycles. The van der Waals surface area contributed by atoms with E-state index in [-0.39, 0.29) is 0 Å². The third-order valence-corrected chi connectivity index (χ3v) is 3.13. The summed E-state index contributed by atoms with van der Waals surface area (Å²) in [6, 6.07) is 1.79. The van der Waals surface area contributed by atoms with E-state index in [1.54, 1.807) is 7.11 Å². The fraction of sp³-hybridized carbons (Fsp3) is 1.00. The van der Waals surface area contributed by atoms with Gasteiger partial charge in [-0.2, -0.15) is 0 Å². The molecule has 15 heavy (non-hydrogen) atoms. The standard InChI is InChI=1S/C12H26N2O/c1-9(2)13-12-7-14(10(3)4)6-11(12)8-15-5/h9-13H,6-8H2,1-5H3. The van der Waals surface area contributed by atoms with Gasteiger partial charge in [0.1, 0.15) is 0 Å². The summed E-state index contributed by atoms with van der Waals surface area (Å²) in [5.74, 6) is 0.639. The minimum Gasteiger partial charge on any atom is -0.384 e. The lowest BCUT2D eigenvalue weighted by atomic mass is 10.0. The van der Waals surface area contributed by atoms with Crippen LogP contribution < -0.4 is 5.32 Å². The molecule has 1 aliphatic rings. The Morgan fingerprint density at radius 1 is 1.27 bits per heavy atom. The monoisotopic (exact) mass is 214 g/mol. The van der Waals surface area contributed by atoms with E-state index in [0.29, 0.717) is 24.0 Å². The molecule has 0 aromatic carbocycles. The van der Waals surface area contributed by atoms with E-state index in [1.165, 1.54) is 0 Å². The van der Waals surface area contributed by atoms with Gasteiger partial charge in [0.25, 0.3) is 0 Å². The molecule has 1 fully saturated rings. The summed E-state index contributed by atoms with van der Waals surface area (Å²) in [4.78, 5) is 2.53. The van der Waals surface area contributed by atoms with E-state index in [2.05, 4.69) is 37.9 Å². The first-order valence-corrected chi connectivity index (χ1v) is 6.03. The summed E-state index contributed by atoms with van der Waals surface area (Å²) in [5, 5.41) is 3.64. The predicted octanol–water partition coefficient (Wildman–Crippen LogP) is 1.34. The number of rotatable bonds is 5. The smallest absolute Gasteiger partial charge is 0.0518 e. The van der Waals surface area contributed by atoms with Crippen molar-refractivity contribution in [2.45, 2.75) is 45.8 Å². The number of hydrogen-bond acceptors (Lipinski definition) is 3. The van der Waals surface area contributed by atoms with Crippen LogP contribution in [-0.2, 0) is 4.74 Å². The molecule has 3 nitrogen and oxygen atoms in total. The maximum Gasteiger partial charge on any atom is 0.0518 e. The minimum atomic E-state index is 0.557. The molecule has 2 unspecified atom stereocenters. The van der Waals surface area contributed by atoms with Crippen LogP contribution in [0.4, 0.5) is 0 Å². The number of ether oxygens (including phenoxy) is 1. The maximum atomic E-state index is 5.30. The van der Waals surface area contributed by atoms with Crippen molar-refractivity contribution < 1.29 is 4.74 Å². The van der Waals surface area contributed by atoms with Gasteiger partial charge in [-0.3, -0.25) is 4.90 Å². The molecular formula is C12H26N2O. The van der Waals surface area contributed by atoms with Gasteiger partial charge in [0.15, 0.2) is 0 Å². The lowest BCUT2D eigenvalue weighted by Crippen LogP contribution is -2.42. The number of nitrogens with zero attached hydrogens (tertiary/aromatic N) is 1. The number of methoxy groups -OCH3 is 1. The van der Waals surface area contributed by atoms with Gasteiger partial charge in [0.05, 0.1) is 6.61 Å². The summed E-state index contributed by atoms with van der Waals surface area (Å²) in [6.45, 7) is 12.1.